The van der Waals surface area contributed by atoms with Crippen LogP contribution in [0.25, 0.3) is 0 Å². The summed E-state index contributed by atoms with van der Waals surface area (Å²) >= 11 is 0. The van der Waals surface area contributed by atoms with Gasteiger partial charge in [0, 0.05) is 19.3 Å². The minimum Gasteiger partial charge on any atom is -0.462 e. The van der Waals surface area contributed by atoms with Crippen molar-refractivity contribution in [3.05, 3.63) is 85.1 Å². The van der Waals surface area contributed by atoms with Crippen LogP contribution in [0.2, 0.25) is 0 Å². The molecule has 0 heterocycles. The first-order valence-electron chi connectivity index (χ1n) is 23.6. The number of carbonyl (C=O) groups excluding carboxylic acids is 3. The van der Waals surface area contributed by atoms with Gasteiger partial charge >= 0.3 is 17.9 Å². The summed E-state index contributed by atoms with van der Waals surface area (Å²) in [5.74, 6) is -0.958. The molecule has 0 bridgehead atoms. The van der Waals surface area contributed by atoms with E-state index in [-0.39, 0.29) is 31.1 Å². The molecule has 0 radical (unpaired) electrons. The van der Waals surface area contributed by atoms with Gasteiger partial charge in [0.1, 0.15) is 13.2 Å². The molecule has 0 aromatic heterocycles. The number of hydrogen-bond donors (Lipinski definition) is 0. The lowest BCUT2D eigenvalue weighted by atomic mass is 10.1. The van der Waals surface area contributed by atoms with Gasteiger partial charge in [0.2, 0.25) is 0 Å². The number of ether oxygens (including phenoxy) is 3. The number of rotatable bonds is 41. The Morgan fingerprint density at radius 2 is 0.672 bits per heavy atom. The molecule has 0 N–H and O–H groups in total. The lowest BCUT2D eigenvalue weighted by Crippen LogP contribution is -2.30. The predicted octanol–water partition coefficient (Wildman–Crippen LogP) is 15.3. The van der Waals surface area contributed by atoms with Crippen LogP contribution in [-0.4, -0.2) is 37.2 Å². The lowest BCUT2D eigenvalue weighted by Gasteiger charge is -2.18. The molecule has 1 unspecified atom stereocenters. The van der Waals surface area contributed by atoms with Gasteiger partial charge in [-0.3, -0.25) is 14.4 Å². The van der Waals surface area contributed by atoms with Crippen molar-refractivity contribution >= 4 is 17.9 Å². The largest absolute Gasteiger partial charge is 0.462 e. The third kappa shape index (κ3) is 43.7. The van der Waals surface area contributed by atoms with Gasteiger partial charge in [-0.15, -0.1) is 0 Å². The molecule has 0 aliphatic rings. The summed E-state index contributed by atoms with van der Waals surface area (Å²) in [5.41, 5.74) is 0. The first-order valence-corrected chi connectivity index (χ1v) is 23.6. The predicted molar refractivity (Wildman–Crippen MR) is 247 cm³/mol. The molecule has 0 amide bonds. The molecular weight excluding hydrogens is 721 g/mol. The van der Waals surface area contributed by atoms with Crippen LogP contribution in [0, 0.1) is 0 Å². The Kier molecular flexibility index (Phi) is 43.6. The molecule has 6 heteroatoms. The molecule has 6 nitrogen and oxygen atoms in total. The van der Waals surface area contributed by atoms with Crippen LogP contribution in [-0.2, 0) is 28.6 Å². The first-order chi connectivity index (χ1) is 28.5. The van der Waals surface area contributed by atoms with Crippen LogP contribution in [0.3, 0.4) is 0 Å². The number of allylic oxidation sites excluding steroid dienone is 14. The zero-order valence-corrected chi connectivity index (χ0v) is 37.5. The van der Waals surface area contributed by atoms with E-state index in [2.05, 4.69) is 106 Å². The smallest absolute Gasteiger partial charge is 0.306 e. The molecule has 0 aromatic rings. The van der Waals surface area contributed by atoms with E-state index in [1.165, 1.54) is 44.9 Å². The van der Waals surface area contributed by atoms with Crippen molar-refractivity contribution in [3.8, 4) is 0 Å². The fraction of sp³-hybridized carbons (Fsp3) is 0.673. The Balaban J connectivity index is 4.36. The van der Waals surface area contributed by atoms with Crippen LogP contribution in [0.5, 0.6) is 0 Å². The first kappa shape index (κ1) is 54.6. The van der Waals surface area contributed by atoms with Crippen LogP contribution in [0.4, 0.5) is 0 Å². The number of carbonyl (C=O) groups is 3. The topological polar surface area (TPSA) is 78.9 Å². The third-order valence-corrected chi connectivity index (χ3v) is 9.63. The van der Waals surface area contributed by atoms with E-state index in [0.29, 0.717) is 19.3 Å². The summed E-state index contributed by atoms with van der Waals surface area (Å²) in [7, 11) is 0. The SMILES string of the molecule is CC/C=C\C/C=C\C/C=C\C/C=C\C/C=C\CCCCCC(=O)OCC(COC(=O)CCCCCCCC)OC(=O)CCCCCCC/C=C\C/C=C\CCCCC. The van der Waals surface area contributed by atoms with Gasteiger partial charge in [-0.1, -0.05) is 176 Å². The number of unbranched alkanes of at least 4 members (excludes halogenated alkanes) is 16. The second kappa shape index (κ2) is 46.3. The normalized spacial score (nSPS) is 12.8. The maximum atomic E-state index is 12.7. The van der Waals surface area contributed by atoms with Crippen molar-refractivity contribution in [2.45, 2.75) is 213 Å². The summed E-state index contributed by atoms with van der Waals surface area (Å²) in [6.45, 7) is 6.38. The van der Waals surface area contributed by atoms with E-state index in [1.807, 2.05) is 0 Å². The lowest BCUT2D eigenvalue weighted by molar-refractivity contribution is -0.167. The minimum atomic E-state index is -0.793. The molecule has 0 saturated carbocycles. The standard InChI is InChI=1S/C52H86O6/c1-4-7-10-13-16-18-20-22-24-25-26-27-29-30-32-34-36-39-42-45-51(54)57-48-49(47-56-50(53)44-41-38-15-12-9-6-3)58-52(55)46-43-40-37-35-33-31-28-23-21-19-17-14-11-8-5-2/h7,10,16-19,22-24,26-28,30,32,49H,4-6,8-9,11-15,20-21,25,29,31,33-48H2,1-3H3/b10-7-,18-16-,19-17-,24-22-,27-26-,28-23-,32-30-. The van der Waals surface area contributed by atoms with Gasteiger partial charge in [-0.2, -0.15) is 0 Å². The van der Waals surface area contributed by atoms with Crippen LogP contribution >= 0.6 is 0 Å². The Bertz CT molecular complexity index is 1160. The highest BCUT2D eigenvalue weighted by molar-refractivity contribution is 5.71. The molecular formula is C52H86O6. The van der Waals surface area contributed by atoms with Gasteiger partial charge < -0.3 is 14.2 Å². The van der Waals surface area contributed by atoms with E-state index < -0.39 is 6.10 Å². The monoisotopic (exact) mass is 807 g/mol. The molecule has 0 fully saturated rings. The highest BCUT2D eigenvalue weighted by Gasteiger charge is 2.19. The quantitative estimate of drug-likeness (QED) is 0.0265. The zero-order chi connectivity index (χ0) is 42.3. The maximum absolute atomic E-state index is 12.7. The van der Waals surface area contributed by atoms with Crippen molar-refractivity contribution in [3.63, 3.8) is 0 Å². The summed E-state index contributed by atoms with van der Waals surface area (Å²) in [4.78, 5) is 37.6. The molecule has 0 aliphatic heterocycles. The fourth-order valence-corrected chi connectivity index (χ4v) is 6.08. The summed E-state index contributed by atoms with van der Waals surface area (Å²) in [6, 6.07) is 0. The molecule has 0 aliphatic carbocycles. The Labute approximate surface area is 356 Å². The van der Waals surface area contributed by atoms with Crippen molar-refractivity contribution in [2.75, 3.05) is 13.2 Å². The molecule has 0 saturated heterocycles. The van der Waals surface area contributed by atoms with E-state index in [1.54, 1.807) is 0 Å². The molecule has 0 spiro atoms. The van der Waals surface area contributed by atoms with Crippen LogP contribution < -0.4 is 0 Å². The van der Waals surface area contributed by atoms with Crippen molar-refractivity contribution in [2.24, 2.45) is 0 Å². The highest BCUT2D eigenvalue weighted by atomic mass is 16.6. The van der Waals surface area contributed by atoms with Gasteiger partial charge in [0.25, 0.3) is 0 Å². The van der Waals surface area contributed by atoms with Gasteiger partial charge in [0.15, 0.2) is 6.10 Å². The van der Waals surface area contributed by atoms with Gasteiger partial charge in [-0.05, 0) is 96.3 Å². The average molecular weight is 807 g/mol. The van der Waals surface area contributed by atoms with E-state index in [4.69, 9.17) is 14.2 Å². The van der Waals surface area contributed by atoms with E-state index >= 15 is 0 Å². The molecule has 1 atom stereocenters. The summed E-state index contributed by atoms with van der Waals surface area (Å²) in [6.07, 6.45) is 58.7. The molecule has 0 rings (SSSR count). The number of hydrogen-bond acceptors (Lipinski definition) is 6. The van der Waals surface area contributed by atoms with Crippen molar-refractivity contribution in [1.82, 2.24) is 0 Å². The molecule has 0 aromatic carbocycles. The summed E-state index contributed by atoms with van der Waals surface area (Å²) < 4.78 is 16.6. The Morgan fingerprint density at radius 1 is 0.362 bits per heavy atom. The van der Waals surface area contributed by atoms with Crippen molar-refractivity contribution < 1.29 is 28.6 Å². The maximum Gasteiger partial charge on any atom is 0.306 e. The highest BCUT2D eigenvalue weighted by Crippen LogP contribution is 2.12. The summed E-state index contributed by atoms with van der Waals surface area (Å²) in [5, 5.41) is 0. The third-order valence-electron chi connectivity index (χ3n) is 9.63. The van der Waals surface area contributed by atoms with Gasteiger partial charge in [-0.25, -0.2) is 0 Å². The Morgan fingerprint density at radius 3 is 1.10 bits per heavy atom. The van der Waals surface area contributed by atoms with E-state index in [9.17, 15) is 14.4 Å². The fourth-order valence-electron chi connectivity index (χ4n) is 6.08. The van der Waals surface area contributed by atoms with Crippen LogP contribution in [0.1, 0.15) is 207 Å². The van der Waals surface area contributed by atoms with E-state index in [0.717, 1.165) is 122 Å². The second-order valence-electron chi connectivity index (χ2n) is 15.3. The van der Waals surface area contributed by atoms with Crippen LogP contribution in [0.15, 0.2) is 85.1 Å². The minimum absolute atomic E-state index is 0.0941. The number of esters is 3. The second-order valence-corrected chi connectivity index (χ2v) is 15.3. The molecule has 330 valence electrons. The average Bonchev–Trinajstić information content (AvgIpc) is 3.22. The zero-order valence-electron chi connectivity index (χ0n) is 37.5. The Hall–Kier alpha value is -3.41. The van der Waals surface area contributed by atoms with Crippen molar-refractivity contribution in [1.29, 1.82) is 0 Å². The molecule has 58 heavy (non-hydrogen) atoms. The van der Waals surface area contributed by atoms with Gasteiger partial charge in [0.05, 0.1) is 0 Å².